The second-order valence-corrected chi connectivity index (χ2v) is 5.17. The number of nitrogens with zero attached hydrogens (tertiary/aromatic N) is 3. The number of rotatable bonds is 3. The first kappa shape index (κ1) is 9.95. The van der Waals surface area contributed by atoms with E-state index in [4.69, 9.17) is 5.11 Å². The lowest BCUT2D eigenvalue weighted by atomic mass is 10.2. The van der Waals surface area contributed by atoms with Crippen molar-refractivity contribution in [3.8, 4) is 0 Å². The van der Waals surface area contributed by atoms with Crippen LogP contribution in [0.4, 0.5) is 0 Å². The van der Waals surface area contributed by atoms with Gasteiger partial charge in [-0.2, -0.15) is 0 Å². The Hall–Kier alpha value is -1.24. The molecule has 3 rings (SSSR count). The highest BCUT2D eigenvalue weighted by Crippen LogP contribution is 2.40. The van der Waals surface area contributed by atoms with Crippen molar-refractivity contribution in [3.63, 3.8) is 0 Å². The molecule has 1 saturated carbocycles. The molecule has 2 aliphatic rings. The van der Waals surface area contributed by atoms with Gasteiger partial charge in [0.2, 0.25) is 5.16 Å². The Morgan fingerprint density at radius 3 is 3.06 bits per heavy atom. The number of aliphatic carboxylic acids is 1. The minimum absolute atomic E-state index is 0.0384. The average Bonchev–Trinajstić information content (AvgIpc) is 2.98. The smallest absolute Gasteiger partial charge is 0.305 e. The summed E-state index contributed by atoms with van der Waals surface area (Å²) in [6, 6.07) is -0.0384. The predicted octanol–water partition coefficient (Wildman–Crippen LogP) is 0.648. The monoisotopic (exact) mass is 240 g/mol. The molecule has 1 aliphatic heterocycles. The summed E-state index contributed by atoms with van der Waals surface area (Å²) in [7, 11) is 0. The van der Waals surface area contributed by atoms with Crippen molar-refractivity contribution < 1.29 is 9.90 Å². The van der Waals surface area contributed by atoms with E-state index < -0.39 is 5.97 Å². The molecule has 0 radical (unpaired) electrons. The van der Waals surface area contributed by atoms with E-state index in [9.17, 15) is 4.79 Å². The number of carboxylic acids is 1. The van der Waals surface area contributed by atoms with Crippen LogP contribution in [0.25, 0.3) is 0 Å². The lowest BCUT2D eigenvalue weighted by molar-refractivity contribution is -0.137. The van der Waals surface area contributed by atoms with E-state index in [1.54, 1.807) is 11.8 Å². The van der Waals surface area contributed by atoms with Gasteiger partial charge in [0.15, 0.2) is 5.82 Å². The van der Waals surface area contributed by atoms with Gasteiger partial charge >= 0.3 is 5.97 Å². The Balaban J connectivity index is 1.80. The Morgan fingerprint density at radius 2 is 2.38 bits per heavy atom. The van der Waals surface area contributed by atoms with Crippen LogP contribution in [0.15, 0.2) is 5.16 Å². The largest absolute Gasteiger partial charge is 0.481 e. The molecule has 0 bridgehead atoms. The van der Waals surface area contributed by atoms with Crippen LogP contribution in [-0.2, 0) is 4.79 Å². The number of hydrogen-bond acceptors (Lipinski definition) is 5. The average molecular weight is 240 g/mol. The van der Waals surface area contributed by atoms with Crippen molar-refractivity contribution in [2.24, 2.45) is 0 Å². The molecule has 16 heavy (non-hydrogen) atoms. The summed E-state index contributed by atoms with van der Waals surface area (Å²) >= 11 is 1.57. The van der Waals surface area contributed by atoms with Gasteiger partial charge in [0.25, 0.3) is 0 Å². The van der Waals surface area contributed by atoms with E-state index in [1.165, 1.54) is 0 Å². The lowest BCUT2D eigenvalue weighted by Gasteiger charge is -2.24. The fourth-order valence-electron chi connectivity index (χ4n) is 1.81. The maximum absolute atomic E-state index is 10.7. The van der Waals surface area contributed by atoms with E-state index in [1.807, 2.05) is 4.68 Å². The van der Waals surface area contributed by atoms with Crippen molar-refractivity contribution in [2.75, 3.05) is 11.2 Å². The molecule has 0 saturated heterocycles. The number of carboxylic acid groups (broad SMARTS) is 1. The van der Waals surface area contributed by atoms with Gasteiger partial charge < -0.3 is 10.5 Å². The Morgan fingerprint density at radius 1 is 1.56 bits per heavy atom. The zero-order chi connectivity index (χ0) is 11.1. The normalized spacial score (nSPS) is 23.6. The minimum Gasteiger partial charge on any atom is -0.481 e. The third-order valence-electron chi connectivity index (χ3n) is 2.75. The van der Waals surface area contributed by atoms with E-state index >= 15 is 0 Å². The molecule has 1 atom stereocenters. The minimum atomic E-state index is -0.775. The van der Waals surface area contributed by atoms with Gasteiger partial charge in [-0.3, -0.25) is 4.79 Å². The third kappa shape index (κ3) is 1.75. The standard InChI is InChI=1S/C9H12N4O2S/c14-7(15)3-6-4-16-9-11-10-8(5-1-2-5)13(9)12-6/h5-6,12H,1-4H2,(H,14,15). The molecule has 6 nitrogen and oxygen atoms in total. The summed E-state index contributed by atoms with van der Waals surface area (Å²) < 4.78 is 1.87. The number of thioether (sulfide) groups is 1. The number of fused-ring (bicyclic) bond motifs is 1. The summed E-state index contributed by atoms with van der Waals surface area (Å²) in [4.78, 5) is 10.7. The maximum Gasteiger partial charge on any atom is 0.305 e. The third-order valence-corrected chi connectivity index (χ3v) is 3.84. The van der Waals surface area contributed by atoms with E-state index in [-0.39, 0.29) is 12.5 Å². The summed E-state index contributed by atoms with van der Waals surface area (Å²) in [5.74, 6) is 1.42. The molecule has 2 N–H and O–H groups in total. The maximum atomic E-state index is 10.7. The van der Waals surface area contributed by atoms with E-state index in [0.29, 0.717) is 5.92 Å². The lowest BCUT2D eigenvalue weighted by Crippen LogP contribution is -2.36. The van der Waals surface area contributed by atoms with Crippen molar-refractivity contribution in [1.82, 2.24) is 14.9 Å². The highest BCUT2D eigenvalue weighted by Gasteiger charge is 2.33. The van der Waals surface area contributed by atoms with Crippen LogP contribution in [0.1, 0.15) is 31.0 Å². The zero-order valence-corrected chi connectivity index (χ0v) is 9.40. The number of carbonyl (C=O) groups is 1. The van der Waals surface area contributed by atoms with Gasteiger partial charge in [0.05, 0.1) is 12.5 Å². The molecule has 0 spiro atoms. The Kier molecular flexibility index (Phi) is 2.27. The quantitative estimate of drug-likeness (QED) is 0.807. The highest BCUT2D eigenvalue weighted by atomic mass is 32.2. The summed E-state index contributed by atoms with van der Waals surface area (Å²) in [5, 5.41) is 17.9. The topological polar surface area (TPSA) is 80.0 Å². The number of hydrogen-bond donors (Lipinski definition) is 2. The molecule has 1 fully saturated rings. The number of aromatic nitrogens is 3. The second kappa shape index (κ2) is 3.65. The molecule has 7 heteroatoms. The first-order valence-corrected chi connectivity index (χ1v) is 6.29. The molecule has 1 aromatic heterocycles. The van der Waals surface area contributed by atoms with Crippen LogP contribution < -0.4 is 5.43 Å². The van der Waals surface area contributed by atoms with Gasteiger partial charge in [0.1, 0.15) is 0 Å². The van der Waals surface area contributed by atoms with Crippen molar-refractivity contribution >= 4 is 17.7 Å². The van der Waals surface area contributed by atoms with Crippen molar-refractivity contribution in [1.29, 1.82) is 0 Å². The van der Waals surface area contributed by atoms with E-state index in [2.05, 4.69) is 15.6 Å². The Labute approximate surface area is 96.4 Å². The molecule has 0 amide bonds. The first-order chi connectivity index (χ1) is 7.74. The molecular weight excluding hydrogens is 228 g/mol. The highest BCUT2D eigenvalue weighted by molar-refractivity contribution is 7.99. The Bertz CT molecular complexity index is 429. The molecule has 2 heterocycles. The number of nitrogens with one attached hydrogen (secondary N) is 1. The van der Waals surface area contributed by atoms with Crippen LogP contribution in [0, 0.1) is 0 Å². The van der Waals surface area contributed by atoms with Gasteiger partial charge in [-0.05, 0) is 12.8 Å². The predicted molar refractivity (Wildman–Crippen MR) is 58.1 cm³/mol. The molecule has 1 unspecified atom stereocenters. The zero-order valence-electron chi connectivity index (χ0n) is 8.59. The van der Waals surface area contributed by atoms with Crippen molar-refractivity contribution in [2.45, 2.75) is 36.4 Å². The summed E-state index contributed by atoms with van der Waals surface area (Å²) in [5.41, 5.74) is 3.19. The van der Waals surface area contributed by atoms with E-state index in [0.717, 1.165) is 29.6 Å². The molecule has 0 aromatic carbocycles. The van der Waals surface area contributed by atoms with Gasteiger partial charge in [-0.1, -0.05) is 11.8 Å². The SMILES string of the molecule is O=C(O)CC1CSc2nnc(C3CC3)n2N1. The van der Waals surface area contributed by atoms with Crippen LogP contribution in [-0.4, -0.2) is 37.7 Å². The molecule has 86 valence electrons. The first-order valence-electron chi connectivity index (χ1n) is 5.30. The second-order valence-electron chi connectivity index (χ2n) is 4.19. The van der Waals surface area contributed by atoms with Crippen molar-refractivity contribution in [3.05, 3.63) is 5.82 Å². The van der Waals surface area contributed by atoms with Gasteiger partial charge in [-0.15, -0.1) is 10.2 Å². The fraction of sp³-hybridized carbons (Fsp3) is 0.667. The molecule has 1 aliphatic carbocycles. The van der Waals surface area contributed by atoms with Crippen LogP contribution in [0.2, 0.25) is 0 Å². The van der Waals surface area contributed by atoms with Crippen LogP contribution in [0.5, 0.6) is 0 Å². The molecule has 1 aromatic rings. The summed E-state index contributed by atoms with van der Waals surface area (Å²) in [6.45, 7) is 0. The van der Waals surface area contributed by atoms with Gasteiger partial charge in [0, 0.05) is 11.7 Å². The van der Waals surface area contributed by atoms with Crippen LogP contribution >= 0.6 is 11.8 Å². The van der Waals surface area contributed by atoms with Crippen LogP contribution in [0.3, 0.4) is 0 Å². The van der Waals surface area contributed by atoms with Gasteiger partial charge in [-0.25, -0.2) is 4.68 Å². The molecular formula is C9H12N4O2S. The fourth-order valence-corrected chi connectivity index (χ4v) is 2.73. The summed E-state index contributed by atoms with van der Waals surface area (Å²) in [6.07, 6.45) is 2.46.